The number of aliphatic hydroxyl groups excluding tert-OH is 2. The summed E-state index contributed by atoms with van der Waals surface area (Å²) < 4.78 is 5.52. The minimum atomic E-state index is -0.497. The van der Waals surface area contributed by atoms with Gasteiger partial charge in [-0.05, 0) is 54.8 Å². The molecule has 2 N–H and O–H groups in total. The lowest BCUT2D eigenvalue weighted by atomic mass is 10.1. The minimum Gasteiger partial charge on any atom is -0.491 e. The van der Waals surface area contributed by atoms with Gasteiger partial charge in [-0.25, -0.2) is 0 Å². The molecule has 0 aliphatic rings. The second-order valence-electron chi connectivity index (χ2n) is 5.68. The van der Waals surface area contributed by atoms with Gasteiger partial charge in [0, 0.05) is 20.5 Å². The quantitative estimate of drug-likeness (QED) is 0.476. The first-order chi connectivity index (χ1) is 12.1. The average molecular weight is 490 g/mol. The fraction of sp³-hybridized carbons (Fsp3) is 0.368. The Kier molecular flexibility index (Phi) is 9.34. The van der Waals surface area contributed by atoms with Crippen molar-refractivity contribution in [2.45, 2.75) is 34.8 Å². The third-order valence-electron chi connectivity index (χ3n) is 3.55. The highest BCUT2D eigenvalue weighted by Gasteiger charge is 2.05. The second kappa shape index (κ2) is 11.2. The zero-order valence-corrected chi connectivity index (χ0v) is 17.8. The van der Waals surface area contributed by atoms with Gasteiger partial charge in [0.2, 0.25) is 0 Å². The van der Waals surface area contributed by atoms with Crippen LogP contribution in [0.3, 0.4) is 0 Å². The lowest BCUT2D eigenvalue weighted by molar-refractivity contribution is 0.127. The Bertz CT molecular complexity index is 564. The summed E-state index contributed by atoms with van der Waals surface area (Å²) in [5.74, 6) is 0.755. The Labute approximate surface area is 170 Å². The maximum Gasteiger partial charge on any atom is 0.119 e. The molecular formula is C19H22Br2O3S. The molecule has 2 atom stereocenters. The van der Waals surface area contributed by atoms with E-state index in [2.05, 4.69) is 56.1 Å². The first kappa shape index (κ1) is 20.8. The number of rotatable bonds is 10. The summed E-state index contributed by atoms with van der Waals surface area (Å²) in [6.07, 6.45) is 0.862. The van der Waals surface area contributed by atoms with Gasteiger partial charge >= 0.3 is 0 Å². The molecule has 0 saturated heterocycles. The predicted molar refractivity (Wildman–Crippen MR) is 110 cm³/mol. The molecule has 0 radical (unpaired) electrons. The predicted octanol–water partition coefficient (Wildman–Crippen LogP) is 4.66. The van der Waals surface area contributed by atoms with E-state index < -0.39 is 6.10 Å². The van der Waals surface area contributed by atoms with Crippen molar-refractivity contribution in [1.29, 1.82) is 0 Å². The number of benzene rings is 2. The van der Waals surface area contributed by atoms with E-state index >= 15 is 0 Å². The first-order valence-electron chi connectivity index (χ1n) is 8.08. The summed E-state index contributed by atoms with van der Waals surface area (Å²) in [5.41, 5.74) is 1.23. The largest absolute Gasteiger partial charge is 0.491 e. The van der Waals surface area contributed by atoms with Crippen molar-refractivity contribution in [2.75, 3.05) is 17.3 Å². The number of alkyl halides is 2. The highest BCUT2D eigenvalue weighted by Crippen LogP contribution is 2.29. The molecule has 0 bridgehead atoms. The van der Waals surface area contributed by atoms with Crippen molar-refractivity contribution in [3.8, 4) is 5.75 Å². The molecule has 0 aliphatic carbocycles. The van der Waals surface area contributed by atoms with Gasteiger partial charge in [-0.1, -0.05) is 55.8 Å². The lowest BCUT2D eigenvalue weighted by Gasteiger charge is -2.10. The van der Waals surface area contributed by atoms with E-state index in [1.807, 2.05) is 24.3 Å². The normalized spacial score (nSPS) is 13.4. The molecule has 2 aromatic carbocycles. The van der Waals surface area contributed by atoms with Crippen LogP contribution in [0.15, 0.2) is 58.3 Å². The Hall–Kier alpha value is -0.530. The van der Waals surface area contributed by atoms with Gasteiger partial charge in [-0.15, -0.1) is 0 Å². The summed E-state index contributed by atoms with van der Waals surface area (Å²) in [4.78, 5) is 2.31. The summed E-state index contributed by atoms with van der Waals surface area (Å²) in [7, 11) is 0. The average Bonchev–Trinajstić information content (AvgIpc) is 2.66. The van der Waals surface area contributed by atoms with Gasteiger partial charge in [0.1, 0.15) is 12.4 Å². The van der Waals surface area contributed by atoms with Crippen LogP contribution in [0.5, 0.6) is 5.75 Å². The Morgan fingerprint density at radius 3 is 1.96 bits per heavy atom. The summed E-state index contributed by atoms with van der Waals surface area (Å²) in [5, 5.41) is 20.2. The molecule has 0 aliphatic heterocycles. The first-order valence-corrected chi connectivity index (χ1v) is 11.1. The molecule has 2 unspecified atom stereocenters. The van der Waals surface area contributed by atoms with Crippen LogP contribution in [-0.4, -0.2) is 39.7 Å². The summed E-state index contributed by atoms with van der Waals surface area (Å²) in [6.45, 7) is 0.281. The smallest absolute Gasteiger partial charge is 0.119 e. The van der Waals surface area contributed by atoms with E-state index in [0.29, 0.717) is 10.7 Å². The van der Waals surface area contributed by atoms with E-state index in [4.69, 9.17) is 4.74 Å². The van der Waals surface area contributed by atoms with Crippen molar-refractivity contribution in [1.82, 2.24) is 0 Å². The number of ether oxygens (including phenoxy) is 1. The van der Waals surface area contributed by atoms with Crippen LogP contribution in [0.25, 0.3) is 0 Å². The Morgan fingerprint density at radius 2 is 1.40 bits per heavy atom. The molecule has 25 heavy (non-hydrogen) atoms. The number of hydrogen-bond donors (Lipinski definition) is 2. The van der Waals surface area contributed by atoms with Gasteiger partial charge in [-0.2, -0.15) is 0 Å². The third kappa shape index (κ3) is 7.71. The molecule has 6 heteroatoms. The lowest BCUT2D eigenvalue weighted by Crippen LogP contribution is -2.18. The zero-order chi connectivity index (χ0) is 18.1. The topological polar surface area (TPSA) is 49.7 Å². The van der Waals surface area contributed by atoms with Crippen LogP contribution in [0.2, 0.25) is 0 Å². The van der Waals surface area contributed by atoms with Crippen LogP contribution >= 0.6 is 43.6 Å². The van der Waals surface area contributed by atoms with Crippen molar-refractivity contribution in [3.05, 3.63) is 54.1 Å². The molecule has 136 valence electrons. The van der Waals surface area contributed by atoms with Gasteiger partial charge in [0.15, 0.2) is 0 Å². The Morgan fingerprint density at radius 1 is 0.840 bits per heavy atom. The molecule has 0 heterocycles. The highest BCUT2D eigenvalue weighted by atomic mass is 79.9. The SMILES string of the molecule is OC(CBr)CCc1ccc(Sc2ccc(OCC(O)CBr)cc2)cc1. The molecule has 2 aromatic rings. The molecule has 2 rings (SSSR count). The van der Waals surface area contributed by atoms with Crippen molar-refractivity contribution < 1.29 is 14.9 Å². The molecule has 0 fully saturated rings. The standard InChI is InChI=1S/C19H22Br2O3S/c20-11-15(22)4-1-14-2-7-18(8-3-14)25-19-9-5-17(6-10-19)24-13-16(23)12-21/h2-3,5-10,15-16,22-23H,1,4,11-13H2. The molecule has 0 spiro atoms. The van der Waals surface area contributed by atoms with E-state index in [9.17, 15) is 10.2 Å². The highest BCUT2D eigenvalue weighted by molar-refractivity contribution is 9.09. The van der Waals surface area contributed by atoms with E-state index in [1.54, 1.807) is 11.8 Å². The van der Waals surface area contributed by atoms with Crippen molar-refractivity contribution in [3.63, 3.8) is 0 Å². The molecule has 3 nitrogen and oxygen atoms in total. The van der Waals surface area contributed by atoms with Crippen LogP contribution in [-0.2, 0) is 6.42 Å². The maximum atomic E-state index is 9.60. The van der Waals surface area contributed by atoms with E-state index in [-0.39, 0.29) is 12.7 Å². The Balaban J connectivity index is 1.85. The molecule has 0 aromatic heterocycles. The third-order valence-corrected chi connectivity index (χ3v) is 6.06. The van der Waals surface area contributed by atoms with Crippen LogP contribution in [0.1, 0.15) is 12.0 Å². The van der Waals surface area contributed by atoms with Gasteiger partial charge in [0.05, 0.1) is 12.2 Å². The van der Waals surface area contributed by atoms with Gasteiger partial charge < -0.3 is 14.9 Å². The number of hydrogen-bond acceptors (Lipinski definition) is 4. The van der Waals surface area contributed by atoms with Crippen LogP contribution in [0.4, 0.5) is 0 Å². The van der Waals surface area contributed by atoms with E-state index in [0.717, 1.165) is 23.5 Å². The molecule has 0 amide bonds. The van der Waals surface area contributed by atoms with Crippen LogP contribution < -0.4 is 4.74 Å². The summed E-state index contributed by atoms with van der Waals surface area (Å²) in [6, 6.07) is 16.3. The second-order valence-corrected chi connectivity index (χ2v) is 8.13. The number of aryl methyl sites for hydroxylation is 1. The van der Waals surface area contributed by atoms with Crippen LogP contribution in [0, 0.1) is 0 Å². The fourth-order valence-electron chi connectivity index (χ4n) is 2.11. The molecular weight excluding hydrogens is 468 g/mol. The number of aliphatic hydroxyl groups is 2. The number of halogens is 2. The fourth-order valence-corrected chi connectivity index (χ4v) is 3.44. The molecule has 0 saturated carbocycles. The van der Waals surface area contributed by atoms with Crippen molar-refractivity contribution >= 4 is 43.6 Å². The minimum absolute atomic E-state index is 0.281. The summed E-state index contributed by atoms with van der Waals surface area (Å²) >= 11 is 8.19. The van der Waals surface area contributed by atoms with Gasteiger partial charge in [-0.3, -0.25) is 0 Å². The monoisotopic (exact) mass is 488 g/mol. The van der Waals surface area contributed by atoms with Crippen molar-refractivity contribution in [2.24, 2.45) is 0 Å². The van der Waals surface area contributed by atoms with Gasteiger partial charge in [0.25, 0.3) is 0 Å². The maximum absolute atomic E-state index is 9.60. The van der Waals surface area contributed by atoms with E-state index in [1.165, 1.54) is 10.5 Å². The zero-order valence-electron chi connectivity index (χ0n) is 13.8.